The first-order valence-corrected chi connectivity index (χ1v) is 6.12. The Morgan fingerprint density at radius 2 is 2.19 bits per heavy atom. The van der Waals surface area contributed by atoms with Crippen LogP contribution < -0.4 is 0 Å². The quantitative estimate of drug-likeness (QED) is 0.768. The normalized spacial score (nSPS) is 34.1. The van der Waals surface area contributed by atoms with Crippen molar-refractivity contribution in [2.24, 2.45) is 5.92 Å². The van der Waals surface area contributed by atoms with Gasteiger partial charge in [-0.05, 0) is 25.2 Å². The third-order valence-corrected chi connectivity index (χ3v) is 3.75. The number of carbonyl (C=O) groups excluding carboxylic acids is 1. The Hall–Kier alpha value is -1.19. The molecule has 86 valence electrons. The lowest BCUT2D eigenvalue weighted by Gasteiger charge is -2.16. The third kappa shape index (κ3) is 1.66. The summed E-state index contributed by atoms with van der Waals surface area (Å²) >= 11 is 0. The average molecular weight is 220 g/mol. The average Bonchev–Trinajstić information content (AvgIpc) is 2.82. The van der Waals surface area contributed by atoms with E-state index < -0.39 is 0 Å². The Morgan fingerprint density at radius 1 is 1.38 bits per heavy atom. The van der Waals surface area contributed by atoms with E-state index in [0.717, 1.165) is 31.5 Å². The van der Waals surface area contributed by atoms with Crippen LogP contribution in [0.25, 0.3) is 0 Å². The molecule has 0 radical (unpaired) electrons. The number of carbonyl (C=O) groups is 1. The molecular formula is C12H16N2O2. The number of ketones is 1. The Morgan fingerprint density at radius 3 is 2.88 bits per heavy atom. The standard InChI is InChI=1S/C12H16N2O2/c1-7-6-9(7)11-13-12(16-14-11)8-4-2-3-5-10(8)15/h7-9H,2-6H2,1H3. The Labute approximate surface area is 94.4 Å². The maximum Gasteiger partial charge on any atom is 0.237 e. The van der Waals surface area contributed by atoms with Crippen molar-refractivity contribution in [2.45, 2.75) is 50.9 Å². The van der Waals surface area contributed by atoms with Crippen LogP contribution in [0.1, 0.15) is 62.6 Å². The topological polar surface area (TPSA) is 56.0 Å². The van der Waals surface area contributed by atoms with Crippen LogP contribution in [0, 0.1) is 5.92 Å². The summed E-state index contributed by atoms with van der Waals surface area (Å²) in [5.74, 6) is 2.65. The van der Waals surface area contributed by atoms with Gasteiger partial charge in [-0.1, -0.05) is 18.5 Å². The molecule has 2 fully saturated rings. The van der Waals surface area contributed by atoms with E-state index in [1.807, 2.05) is 0 Å². The van der Waals surface area contributed by atoms with Gasteiger partial charge in [0.25, 0.3) is 0 Å². The Kier molecular flexibility index (Phi) is 2.30. The van der Waals surface area contributed by atoms with Crippen molar-refractivity contribution in [2.75, 3.05) is 0 Å². The molecule has 0 aliphatic heterocycles. The van der Waals surface area contributed by atoms with Crippen molar-refractivity contribution >= 4 is 5.78 Å². The molecule has 0 N–H and O–H groups in total. The van der Waals surface area contributed by atoms with Gasteiger partial charge in [-0.2, -0.15) is 4.98 Å². The fourth-order valence-electron chi connectivity index (χ4n) is 2.47. The summed E-state index contributed by atoms with van der Waals surface area (Å²) in [5, 5.41) is 4.00. The minimum Gasteiger partial charge on any atom is -0.339 e. The van der Waals surface area contributed by atoms with E-state index in [-0.39, 0.29) is 11.7 Å². The number of aromatic nitrogens is 2. The van der Waals surface area contributed by atoms with Gasteiger partial charge in [0.1, 0.15) is 5.78 Å². The van der Waals surface area contributed by atoms with Crippen LogP contribution >= 0.6 is 0 Å². The zero-order valence-corrected chi connectivity index (χ0v) is 9.48. The lowest BCUT2D eigenvalue weighted by Crippen LogP contribution is -2.17. The van der Waals surface area contributed by atoms with Crippen LogP contribution in [0.15, 0.2) is 4.52 Å². The summed E-state index contributed by atoms with van der Waals surface area (Å²) in [5.41, 5.74) is 0. The first-order valence-electron chi connectivity index (χ1n) is 6.12. The molecule has 0 spiro atoms. The number of nitrogens with zero attached hydrogens (tertiary/aromatic N) is 2. The highest BCUT2D eigenvalue weighted by Gasteiger charge is 2.39. The molecule has 0 bridgehead atoms. The van der Waals surface area contributed by atoms with Crippen molar-refractivity contribution in [3.05, 3.63) is 11.7 Å². The van der Waals surface area contributed by atoms with Crippen LogP contribution in [-0.4, -0.2) is 15.9 Å². The fourth-order valence-corrected chi connectivity index (χ4v) is 2.47. The highest BCUT2D eigenvalue weighted by Crippen LogP contribution is 2.45. The molecule has 0 aromatic carbocycles. The molecule has 3 unspecified atom stereocenters. The van der Waals surface area contributed by atoms with Gasteiger partial charge in [0.15, 0.2) is 5.82 Å². The summed E-state index contributed by atoms with van der Waals surface area (Å²) in [4.78, 5) is 16.1. The molecule has 4 heteroatoms. The number of hydrogen-bond acceptors (Lipinski definition) is 4. The number of Topliss-reactive ketones (excluding diaryl/α,β-unsaturated/α-hetero) is 1. The number of rotatable bonds is 2. The van der Waals surface area contributed by atoms with Crippen molar-refractivity contribution < 1.29 is 9.32 Å². The highest BCUT2D eigenvalue weighted by molar-refractivity contribution is 5.85. The van der Waals surface area contributed by atoms with Gasteiger partial charge in [0.2, 0.25) is 5.89 Å². The molecule has 16 heavy (non-hydrogen) atoms. The maximum atomic E-state index is 11.7. The van der Waals surface area contributed by atoms with E-state index in [4.69, 9.17) is 4.52 Å². The molecule has 1 heterocycles. The first kappa shape index (κ1) is 10.00. The molecule has 1 aromatic rings. The molecule has 1 aromatic heterocycles. The molecule has 3 atom stereocenters. The second-order valence-corrected chi connectivity index (χ2v) is 5.07. The molecule has 0 amide bonds. The number of hydrogen-bond donors (Lipinski definition) is 0. The van der Waals surface area contributed by atoms with E-state index in [2.05, 4.69) is 17.1 Å². The highest BCUT2D eigenvalue weighted by atomic mass is 16.5. The van der Waals surface area contributed by atoms with Gasteiger partial charge in [0.05, 0.1) is 5.92 Å². The van der Waals surface area contributed by atoms with E-state index in [1.165, 1.54) is 0 Å². The maximum absolute atomic E-state index is 11.7. The summed E-state index contributed by atoms with van der Waals surface area (Å²) in [7, 11) is 0. The lowest BCUT2D eigenvalue weighted by atomic mass is 9.88. The molecule has 0 saturated heterocycles. The molecule has 2 aliphatic carbocycles. The first-order chi connectivity index (χ1) is 7.75. The summed E-state index contributed by atoms with van der Waals surface area (Å²) in [6, 6.07) is 0. The summed E-state index contributed by atoms with van der Waals surface area (Å²) in [6.07, 6.45) is 4.80. The van der Waals surface area contributed by atoms with Crippen molar-refractivity contribution in [1.82, 2.24) is 10.1 Å². The van der Waals surface area contributed by atoms with Crippen LogP contribution in [0.4, 0.5) is 0 Å². The van der Waals surface area contributed by atoms with Crippen molar-refractivity contribution in [3.63, 3.8) is 0 Å². The smallest absolute Gasteiger partial charge is 0.237 e. The molecule has 2 aliphatic rings. The summed E-state index contributed by atoms with van der Waals surface area (Å²) in [6.45, 7) is 2.19. The van der Waals surface area contributed by atoms with Crippen LogP contribution in [-0.2, 0) is 4.79 Å². The van der Waals surface area contributed by atoms with E-state index in [0.29, 0.717) is 24.1 Å². The predicted molar refractivity (Wildman–Crippen MR) is 57.0 cm³/mol. The monoisotopic (exact) mass is 220 g/mol. The third-order valence-electron chi connectivity index (χ3n) is 3.75. The molecule has 3 rings (SSSR count). The molecular weight excluding hydrogens is 204 g/mol. The van der Waals surface area contributed by atoms with E-state index in [1.54, 1.807) is 0 Å². The summed E-state index contributed by atoms with van der Waals surface area (Å²) < 4.78 is 5.24. The minimum atomic E-state index is -0.121. The zero-order valence-electron chi connectivity index (χ0n) is 9.48. The van der Waals surface area contributed by atoms with Gasteiger partial charge >= 0.3 is 0 Å². The molecule has 4 nitrogen and oxygen atoms in total. The van der Waals surface area contributed by atoms with Crippen LogP contribution in [0.2, 0.25) is 0 Å². The van der Waals surface area contributed by atoms with E-state index >= 15 is 0 Å². The second kappa shape index (κ2) is 3.68. The van der Waals surface area contributed by atoms with Gasteiger partial charge < -0.3 is 4.52 Å². The lowest BCUT2D eigenvalue weighted by molar-refractivity contribution is -0.122. The van der Waals surface area contributed by atoms with Gasteiger partial charge in [0, 0.05) is 12.3 Å². The zero-order chi connectivity index (χ0) is 11.1. The van der Waals surface area contributed by atoms with Crippen molar-refractivity contribution in [3.8, 4) is 0 Å². The SMILES string of the molecule is CC1CC1c1noc(C2CCCCC2=O)n1. The van der Waals surface area contributed by atoms with Gasteiger partial charge in [-0.25, -0.2) is 0 Å². The van der Waals surface area contributed by atoms with Gasteiger partial charge in [-0.3, -0.25) is 4.79 Å². The fraction of sp³-hybridized carbons (Fsp3) is 0.750. The Bertz CT molecular complexity index is 413. The van der Waals surface area contributed by atoms with Crippen LogP contribution in [0.3, 0.4) is 0 Å². The molecule has 2 saturated carbocycles. The van der Waals surface area contributed by atoms with E-state index in [9.17, 15) is 4.79 Å². The second-order valence-electron chi connectivity index (χ2n) is 5.07. The largest absolute Gasteiger partial charge is 0.339 e. The minimum absolute atomic E-state index is 0.121. The Balaban J connectivity index is 1.78. The predicted octanol–water partition coefficient (Wildman–Crippen LogP) is 2.42. The van der Waals surface area contributed by atoms with Crippen LogP contribution in [0.5, 0.6) is 0 Å². The van der Waals surface area contributed by atoms with Crippen molar-refractivity contribution in [1.29, 1.82) is 0 Å². The van der Waals surface area contributed by atoms with Gasteiger partial charge in [-0.15, -0.1) is 0 Å².